The molecule has 2 heterocycles. The third kappa shape index (κ3) is 4.94. The minimum Gasteiger partial charge on any atom is -0.492 e. The van der Waals surface area contributed by atoms with E-state index in [1.54, 1.807) is 19.0 Å². The van der Waals surface area contributed by atoms with Crippen LogP contribution in [0.1, 0.15) is 11.3 Å². The third-order valence-corrected chi connectivity index (χ3v) is 4.71. The lowest BCUT2D eigenvalue weighted by molar-refractivity contribution is -0.138. The molecule has 2 aromatic heterocycles. The number of nitrogens with zero attached hydrogens (tertiary/aromatic N) is 6. The molecule has 0 saturated heterocycles. The van der Waals surface area contributed by atoms with Gasteiger partial charge in [-0.05, 0) is 31.3 Å². The number of rotatable bonds is 7. The molecular formula is C20H20F3N7O2. The molecular weight excluding hydrogens is 427 g/mol. The molecule has 168 valence electrons. The summed E-state index contributed by atoms with van der Waals surface area (Å²) in [5.41, 5.74) is 0.101. The van der Waals surface area contributed by atoms with Gasteiger partial charge in [-0.3, -0.25) is 9.69 Å². The number of carbonyl (C=O) groups is 1. The molecule has 0 aliphatic heterocycles. The average molecular weight is 447 g/mol. The highest BCUT2D eigenvalue weighted by Crippen LogP contribution is 2.39. The minimum atomic E-state index is -4.67. The number of nitriles is 1. The summed E-state index contributed by atoms with van der Waals surface area (Å²) in [4.78, 5) is 17.1. The number of likely N-dealkylation sites (N-methyl/N-ethyl adjacent to an activating group) is 2. The molecule has 1 amide bonds. The minimum absolute atomic E-state index is 0.0290. The Kier molecular flexibility index (Phi) is 6.59. The molecule has 1 N–H and O–H groups in total. The van der Waals surface area contributed by atoms with Gasteiger partial charge in [0.2, 0.25) is 5.91 Å². The van der Waals surface area contributed by atoms with Crippen LogP contribution < -0.4 is 10.1 Å². The Labute approximate surface area is 181 Å². The highest BCUT2D eigenvalue weighted by Gasteiger charge is 2.35. The predicted octanol–water partition coefficient (Wildman–Crippen LogP) is 1.98. The van der Waals surface area contributed by atoms with Crippen molar-refractivity contribution in [3.8, 4) is 23.1 Å². The quantitative estimate of drug-likeness (QED) is 0.590. The van der Waals surface area contributed by atoms with Gasteiger partial charge in [-0.25, -0.2) is 9.67 Å². The van der Waals surface area contributed by atoms with E-state index in [1.165, 1.54) is 29.9 Å². The van der Waals surface area contributed by atoms with Gasteiger partial charge >= 0.3 is 6.18 Å². The van der Waals surface area contributed by atoms with E-state index in [4.69, 9.17) is 4.74 Å². The number of benzene rings is 1. The van der Waals surface area contributed by atoms with E-state index >= 15 is 0 Å². The van der Waals surface area contributed by atoms with E-state index in [2.05, 4.69) is 20.6 Å². The van der Waals surface area contributed by atoms with E-state index in [0.29, 0.717) is 5.52 Å². The van der Waals surface area contributed by atoms with Crippen LogP contribution >= 0.6 is 0 Å². The number of hydrogen-bond acceptors (Lipinski definition) is 7. The van der Waals surface area contributed by atoms with Crippen LogP contribution in [-0.2, 0) is 18.0 Å². The lowest BCUT2D eigenvalue weighted by Gasteiger charge is -2.18. The van der Waals surface area contributed by atoms with Crippen molar-refractivity contribution in [3.63, 3.8) is 0 Å². The van der Waals surface area contributed by atoms with Gasteiger partial charge in [0, 0.05) is 26.2 Å². The zero-order chi connectivity index (χ0) is 23.5. The summed E-state index contributed by atoms with van der Waals surface area (Å²) in [6.07, 6.45) is -4.67. The Morgan fingerprint density at radius 2 is 2.09 bits per heavy atom. The van der Waals surface area contributed by atoms with Gasteiger partial charge in [0.1, 0.15) is 23.9 Å². The largest absolute Gasteiger partial charge is 0.492 e. The van der Waals surface area contributed by atoms with Crippen LogP contribution in [0.5, 0.6) is 5.75 Å². The number of aromatic nitrogens is 4. The molecule has 0 spiro atoms. The summed E-state index contributed by atoms with van der Waals surface area (Å²) in [6.45, 7) is 0.312. The molecule has 12 heteroatoms. The summed E-state index contributed by atoms with van der Waals surface area (Å²) >= 11 is 0. The fourth-order valence-electron chi connectivity index (χ4n) is 3.01. The molecule has 0 bridgehead atoms. The first-order valence-corrected chi connectivity index (χ1v) is 9.48. The van der Waals surface area contributed by atoms with E-state index < -0.39 is 11.7 Å². The van der Waals surface area contributed by atoms with Gasteiger partial charge in [0.05, 0.1) is 23.3 Å². The van der Waals surface area contributed by atoms with E-state index in [9.17, 15) is 23.2 Å². The first-order chi connectivity index (χ1) is 15.1. The van der Waals surface area contributed by atoms with E-state index in [1.807, 2.05) is 6.07 Å². The lowest BCUT2D eigenvalue weighted by atomic mass is 10.1. The molecule has 3 aromatic rings. The van der Waals surface area contributed by atoms with Crippen LogP contribution in [-0.4, -0.2) is 64.6 Å². The first kappa shape index (κ1) is 23.0. The molecule has 32 heavy (non-hydrogen) atoms. The second-order valence-electron chi connectivity index (χ2n) is 7.02. The Bertz CT molecular complexity index is 1180. The van der Waals surface area contributed by atoms with Crippen LogP contribution in [0.25, 0.3) is 22.3 Å². The second kappa shape index (κ2) is 9.19. The van der Waals surface area contributed by atoms with Crippen LogP contribution in [0.15, 0.2) is 24.3 Å². The molecule has 0 atom stereocenters. The number of alkyl halides is 3. The fraction of sp³-hybridized carbons (Fsp3) is 0.350. The van der Waals surface area contributed by atoms with Gasteiger partial charge < -0.3 is 10.1 Å². The van der Waals surface area contributed by atoms with Crippen molar-refractivity contribution in [2.45, 2.75) is 6.18 Å². The number of fused-ring (bicyclic) bond motifs is 1. The number of hydrogen-bond donors (Lipinski definition) is 1. The van der Waals surface area contributed by atoms with Gasteiger partial charge in [0.25, 0.3) is 0 Å². The zero-order valence-corrected chi connectivity index (χ0v) is 17.6. The van der Waals surface area contributed by atoms with Crippen LogP contribution in [0.4, 0.5) is 13.2 Å². The predicted molar refractivity (Wildman–Crippen MR) is 109 cm³/mol. The van der Waals surface area contributed by atoms with Crippen LogP contribution in [0.2, 0.25) is 0 Å². The van der Waals surface area contributed by atoms with Crippen molar-refractivity contribution in [2.24, 2.45) is 7.05 Å². The summed E-state index contributed by atoms with van der Waals surface area (Å²) in [7, 11) is 4.77. The van der Waals surface area contributed by atoms with Gasteiger partial charge in [-0.2, -0.15) is 18.4 Å². The summed E-state index contributed by atoms with van der Waals surface area (Å²) in [5.74, 6) is -0.545. The molecule has 0 fully saturated rings. The summed E-state index contributed by atoms with van der Waals surface area (Å²) in [5, 5.41) is 19.5. The third-order valence-electron chi connectivity index (χ3n) is 4.71. The monoisotopic (exact) mass is 447 g/mol. The average Bonchev–Trinajstić information content (AvgIpc) is 3.13. The maximum atomic E-state index is 13.7. The van der Waals surface area contributed by atoms with Crippen molar-refractivity contribution in [1.29, 1.82) is 5.26 Å². The fourth-order valence-corrected chi connectivity index (χ4v) is 3.01. The molecule has 0 unspecified atom stereocenters. The number of amides is 1. The van der Waals surface area contributed by atoms with Crippen molar-refractivity contribution < 1.29 is 22.7 Å². The summed E-state index contributed by atoms with van der Waals surface area (Å²) in [6, 6.07) is 7.02. The molecule has 0 saturated carbocycles. The Balaban J connectivity index is 1.89. The molecule has 1 aromatic carbocycles. The zero-order valence-electron chi connectivity index (χ0n) is 17.6. The Hall–Kier alpha value is -3.72. The number of nitrogens with one attached hydrogen (secondary N) is 1. The maximum Gasteiger partial charge on any atom is 0.419 e. The molecule has 0 aliphatic rings. The standard InChI is InChI=1S/C20H20F3N7O2/c1-25-18(31)11-29(2)6-7-32-17-5-4-12(8-13(17)20(21,22)23)14-9-16-19(15(10-24)26-14)27-28-30(16)3/h4-5,8-9H,6-7,11H2,1-3H3,(H,25,31). The van der Waals surface area contributed by atoms with Crippen LogP contribution in [0, 0.1) is 11.3 Å². The Morgan fingerprint density at radius 3 is 2.75 bits per heavy atom. The number of carbonyl (C=O) groups excluding carboxylic acids is 1. The lowest BCUT2D eigenvalue weighted by Crippen LogP contribution is -2.35. The normalized spacial score (nSPS) is 11.6. The van der Waals surface area contributed by atoms with Gasteiger partial charge in [0.15, 0.2) is 5.69 Å². The Morgan fingerprint density at radius 1 is 1.34 bits per heavy atom. The second-order valence-corrected chi connectivity index (χ2v) is 7.02. The first-order valence-electron chi connectivity index (χ1n) is 9.48. The van der Waals surface area contributed by atoms with Crippen molar-refractivity contribution >= 4 is 16.9 Å². The SMILES string of the molecule is CNC(=O)CN(C)CCOc1ccc(-c2cc3c(nnn3C)c(C#N)n2)cc1C(F)(F)F. The number of halogens is 3. The maximum absolute atomic E-state index is 13.7. The smallest absolute Gasteiger partial charge is 0.419 e. The highest BCUT2D eigenvalue weighted by atomic mass is 19.4. The van der Waals surface area contributed by atoms with Crippen molar-refractivity contribution in [1.82, 2.24) is 30.2 Å². The molecule has 3 rings (SSSR count). The van der Waals surface area contributed by atoms with Gasteiger partial charge in [-0.1, -0.05) is 5.21 Å². The van der Waals surface area contributed by atoms with E-state index in [-0.39, 0.29) is 53.8 Å². The van der Waals surface area contributed by atoms with E-state index in [0.717, 1.165) is 6.07 Å². The summed E-state index contributed by atoms with van der Waals surface area (Å²) < 4.78 is 47.9. The van der Waals surface area contributed by atoms with Crippen molar-refractivity contribution in [2.75, 3.05) is 33.8 Å². The van der Waals surface area contributed by atoms with Crippen LogP contribution in [0.3, 0.4) is 0 Å². The van der Waals surface area contributed by atoms with Crippen molar-refractivity contribution in [3.05, 3.63) is 35.5 Å². The topological polar surface area (TPSA) is 109 Å². The number of ether oxygens (including phenoxy) is 1. The van der Waals surface area contributed by atoms with Gasteiger partial charge in [-0.15, -0.1) is 5.10 Å². The number of aryl methyl sites for hydroxylation is 1. The number of pyridine rings is 1. The molecule has 0 radical (unpaired) electrons. The molecule has 0 aliphatic carbocycles. The highest BCUT2D eigenvalue weighted by molar-refractivity contribution is 5.83. The molecule has 9 nitrogen and oxygen atoms in total.